The summed E-state index contributed by atoms with van der Waals surface area (Å²) in [6.07, 6.45) is 7.27. The highest BCUT2D eigenvalue weighted by Gasteiger charge is 2.29. The van der Waals surface area contributed by atoms with Gasteiger partial charge in [0.25, 0.3) is 0 Å². The first kappa shape index (κ1) is 12.8. The van der Waals surface area contributed by atoms with Crippen molar-refractivity contribution in [3.05, 3.63) is 22.8 Å². The van der Waals surface area contributed by atoms with Gasteiger partial charge in [-0.3, -0.25) is 4.90 Å². The smallest absolute Gasteiger partial charge is 0.213 e. The van der Waals surface area contributed by atoms with E-state index in [1.54, 1.807) is 6.20 Å². The van der Waals surface area contributed by atoms with E-state index in [9.17, 15) is 0 Å². The van der Waals surface area contributed by atoms with E-state index >= 15 is 0 Å². The first-order valence-corrected chi connectivity index (χ1v) is 8.75. The number of hydrogen-bond acceptors (Lipinski definition) is 3. The Kier molecular flexibility index (Phi) is 4.17. The SMILES string of the molecule is Brc1ccc(OC2CCN(C3CPC3)CC2)nc1. The van der Waals surface area contributed by atoms with Gasteiger partial charge < -0.3 is 4.74 Å². The average Bonchev–Trinajstić information content (AvgIpc) is 2.32. The van der Waals surface area contributed by atoms with Crippen LogP contribution in [0.5, 0.6) is 5.88 Å². The van der Waals surface area contributed by atoms with Crippen LogP contribution in [-0.4, -0.2) is 47.4 Å². The van der Waals surface area contributed by atoms with Gasteiger partial charge in [-0.05, 0) is 47.2 Å². The Morgan fingerprint density at radius 1 is 1.28 bits per heavy atom. The van der Waals surface area contributed by atoms with Gasteiger partial charge in [0.1, 0.15) is 6.10 Å². The number of aromatic nitrogens is 1. The summed E-state index contributed by atoms with van der Waals surface area (Å²) < 4.78 is 6.93. The van der Waals surface area contributed by atoms with E-state index in [1.165, 1.54) is 34.0 Å². The molecule has 18 heavy (non-hydrogen) atoms. The zero-order valence-corrected chi connectivity index (χ0v) is 12.9. The van der Waals surface area contributed by atoms with Crippen molar-refractivity contribution in [1.82, 2.24) is 9.88 Å². The van der Waals surface area contributed by atoms with Crippen LogP contribution in [0.2, 0.25) is 0 Å². The molecule has 0 saturated carbocycles. The molecule has 0 N–H and O–H groups in total. The molecule has 0 aromatic carbocycles. The third-order valence-electron chi connectivity index (χ3n) is 3.74. The van der Waals surface area contributed by atoms with Gasteiger partial charge in [0.2, 0.25) is 5.88 Å². The lowest BCUT2D eigenvalue weighted by Crippen LogP contribution is -2.49. The summed E-state index contributed by atoms with van der Waals surface area (Å²) in [5.41, 5.74) is 0. The highest BCUT2D eigenvalue weighted by molar-refractivity contribution is 9.10. The Bertz CT molecular complexity index is 388. The minimum atomic E-state index is 0.345. The van der Waals surface area contributed by atoms with E-state index in [1.807, 2.05) is 12.1 Å². The highest BCUT2D eigenvalue weighted by atomic mass is 79.9. The molecule has 0 atom stereocenters. The fraction of sp³-hybridized carbons (Fsp3) is 0.615. The lowest BCUT2D eigenvalue weighted by molar-refractivity contribution is 0.0804. The number of nitrogens with zero attached hydrogens (tertiary/aromatic N) is 2. The topological polar surface area (TPSA) is 25.4 Å². The number of hydrogen-bond donors (Lipinski definition) is 0. The maximum atomic E-state index is 5.93. The molecule has 0 aliphatic carbocycles. The Morgan fingerprint density at radius 2 is 2.06 bits per heavy atom. The third kappa shape index (κ3) is 3.04. The summed E-state index contributed by atoms with van der Waals surface area (Å²) in [4.78, 5) is 6.92. The summed E-state index contributed by atoms with van der Waals surface area (Å²) in [6, 6.07) is 4.80. The summed E-state index contributed by atoms with van der Waals surface area (Å²) in [5.74, 6) is 0.752. The van der Waals surface area contributed by atoms with Crippen molar-refractivity contribution in [1.29, 1.82) is 0 Å². The predicted octanol–water partition coefficient (Wildman–Crippen LogP) is 2.75. The van der Waals surface area contributed by atoms with Crippen molar-refractivity contribution in [3.8, 4) is 5.88 Å². The first-order valence-electron chi connectivity index (χ1n) is 6.54. The summed E-state index contributed by atoms with van der Waals surface area (Å²) in [5, 5.41) is 0. The molecule has 5 heteroatoms. The van der Waals surface area contributed by atoms with Crippen molar-refractivity contribution >= 4 is 24.5 Å². The second kappa shape index (κ2) is 5.85. The molecule has 2 fully saturated rings. The zero-order valence-electron chi connectivity index (χ0n) is 10.3. The molecule has 0 amide bonds. The minimum Gasteiger partial charge on any atom is -0.474 e. The molecular formula is C13H18BrN2OP. The van der Waals surface area contributed by atoms with Gasteiger partial charge in [0.15, 0.2) is 0 Å². The number of pyridine rings is 1. The van der Waals surface area contributed by atoms with E-state index in [0.717, 1.165) is 29.2 Å². The minimum absolute atomic E-state index is 0.345. The van der Waals surface area contributed by atoms with Crippen LogP contribution in [0.1, 0.15) is 12.8 Å². The fourth-order valence-corrected chi connectivity index (χ4v) is 3.79. The van der Waals surface area contributed by atoms with Crippen molar-refractivity contribution in [3.63, 3.8) is 0 Å². The molecule has 3 rings (SSSR count). The molecule has 2 saturated heterocycles. The zero-order chi connectivity index (χ0) is 12.4. The molecular weight excluding hydrogens is 311 g/mol. The van der Waals surface area contributed by atoms with Crippen LogP contribution in [0.15, 0.2) is 22.8 Å². The summed E-state index contributed by atoms with van der Waals surface area (Å²) in [7, 11) is 1.21. The van der Waals surface area contributed by atoms with Crippen LogP contribution in [0.3, 0.4) is 0 Å². The van der Waals surface area contributed by atoms with Crippen molar-refractivity contribution in [2.75, 3.05) is 25.4 Å². The predicted molar refractivity (Wildman–Crippen MR) is 79.0 cm³/mol. The molecule has 98 valence electrons. The molecule has 2 aliphatic rings. The fourth-order valence-electron chi connectivity index (χ4n) is 2.49. The van der Waals surface area contributed by atoms with Gasteiger partial charge in [-0.2, -0.15) is 0 Å². The standard InChI is InChI=1S/C13H18BrN2OP/c14-10-1-2-13(15-7-10)17-12-3-5-16(6-4-12)11-8-18-9-11/h1-2,7,11-12,18H,3-6,8-9H2. The number of halogens is 1. The van der Waals surface area contributed by atoms with Crippen molar-refractivity contribution in [2.45, 2.75) is 25.0 Å². The normalized spacial score (nSPS) is 27.1. The van der Waals surface area contributed by atoms with Gasteiger partial charge in [-0.25, -0.2) is 4.98 Å². The Balaban J connectivity index is 1.48. The van der Waals surface area contributed by atoms with E-state index in [0.29, 0.717) is 6.10 Å². The Morgan fingerprint density at radius 3 is 2.61 bits per heavy atom. The number of ether oxygens (including phenoxy) is 1. The van der Waals surface area contributed by atoms with Crippen LogP contribution in [-0.2, 0) is 0 Å². The summed E-state index contributed by atoms with van der Waals surface area (Å²) >= 11 is 3.38. The Labute approximate surface area is 118 Å². The van der Waals surface area contributed by atoms with Gasteiger partial charge in [0.05, 0.1) is 0 Å². The third-order valence-corrected chi connectivity index (χ3v) is 5.73. The lowest BCUT2D eigenvalue weighted by atomic mass is 10.1. The van der Waals surface area contributed by atoms with Gasteiger partial charge in [-0.1, -0.05) is 0 Å². The monoisotopic (exact) mass is 328 g/mol. The number of piperidine rings is 1. The summed E-state index contributed by atoms with van der Waals surface area (Å²) in [6.45, 7) is 2.38. The van der Waals surface area contributed by atoms with Gasteiger partial charge in [-0.15, -0.1) is 8.58 Å². The Hall–Kier alpha value is -0.180. The molecule has 0 spiro atoms. The van der Waals surface area contributed by atoms with Gasteiger partial charge in [0, 0.05) is 35.9 Å². The van der Waals surface area contributed by atoms with Crippen LogP contribution in [0, 0.1) is 0 Å². The lowest BCUT2D eigenvalue weighted by Gasteiger charge is -2.41. The molecule has 3 heterocycles. The van der Waals surface area contributed by atoms with Crippen LogP contribution in [0.4, 0.5) is 0 Å². The van der Waals surface area contributed by atoms with Crippen molar-refractivity contribution in [2.24, 2.45) is 0 Å². The maximum Gasteiger partial charge on any atom is 0.213 e. The quantitative estimate of drug-likeness (QED) is 0.798. The molecule has 0 radical (unpaired) electrons. The van der Waals surface area contributed by atoms with E-state index < -0.39 is 0 Å². The largest absolute Gasteiger partial charge is 0.474 e. The van der Waals surface area contributed by atoms with E-state index in [2.05, 4.69) is 25.8 Å². The molecule has 1 aromatic heterocycles. The van der Waals surface area contributed by atoms with Crippen molar-refractivity contribution < 1.29 is 4.74 Å². The van der Waals surface area contributed by atoms with E-state index in [-0.39, 0.29) is 0 Å². The molecule has 2 aliphatic heterocycles. The second-order valence-corrected chi connectivity index (χ2v) is 7.21. The van der Waals surface area contributed by atoms with Crippen LogP contribution < -0.4 is 4.74 Å². The molecule has 0 bridgehead atoms. The maximum absolute atomic E-state index is 5.93. The van der Waals surface area contributed by atoms with Crippen LogP contribution in [0.25, 0.3) is 0 Å². The first-order chi connectivity index (χ1) is 8.81. The number of rotatable bonds is 3. The van der Waals surface area contributed by atoms with Gasteiger partial charge >= 0.3 is 0 Å². The molecule has 0 unspecified atom stereocenters. The van der Waals surface area contributed by atoms with Crippen LogP contribution >= 0.6 is 24.5 Å². The molecule has 3 nitrogen and oxygen atoms in total. The van der Waals surface area contributed by atoms with E-state index in [4.69, 9.17) is 4.74 Å². The molecule has 1 aromatic rings. The number of likely N-dealkylation sites (tertiary alicyclic amines) is 1. The average molecular weight is 329 g/mol. The highest BCUT2D eigenvalue weighted by Crippen LogP contribution is 2.31. The second-order valence-electron chi connectivity index (χ2n) is 4.98.